The average Bonchev–Trinajstić information content (AvgIpc) is 2.86. The van der Waals surface area contributed by atoms with Gasteiger partial charge in [-0.2, -0.15) is 0 Å². The van der Waals surface area contributed by atoms with E-state index in [0.29, 0.717) is 11.3 Å². The first-order valence-corrected chi connectivity index (χ1v) is 5.49. The van der Waals surface area contributed by atoms with Crippen molar-refractivity contribution in [3.05, 3.63) is 54.4 Å². The molecule has 0 radical (unpaired) electrons. The van der Waals surface area contributed by atoms with E-state index in [2.05, 4.69) is 4.98 Å². The Morgan fingerprint density at radius 3 is 2.83 bits per heavy atom. The van der Waals surface area contributed by atoms with Crippen LogP contribution in [0.3, 0.4) is 0 Å². The largest absolute Gasteiger partial charge is 0.464 e. The Morgan fingerprint density at radius 2 is 2.00 bits per heavy atom. The molecule has 0 saturated carbocycles. The lowest BCUT2D eigenvalue weighted by Crippen LogP contribution is -2.12. The van der Waals surface area contributed by atoms with E-state index in [4.69, 9.17) is 10.2 Å². The van der Waals surface area contributed by atoms with Crippen LogP contribution in [-0.2, 0) is 0 Å². The van der Waals surface area contributed by atoms with Crippen LogP contribution < -0.4 is 5.73 Å². The van der Waals surface area contributed by atoms with E-state index >= 15 is 0 Å². The van der Waals surface area contributed by atoms with Crippen LogP contribution >= 0.6 is 0 Å². The number of benzene rings is 1. The number of hydrogen-bond acceptors (Lipinski definition) is 3. The maximum atomic E-state index is 11.4. The number of aromatic nitrogens is 1. The van der Waals surface area contributed by atoms with Crippen LogP contribution in [0, 0.1) is 0 Å². The van der Waals surface area contributed by atoms with Crippen LogP contribution in [0.1, 0.15) is 10.4 Å². The summed E-state index contributed by atoms with van der Waals surface area (Å²) < 4.78 is 5.32. The first-order valence-electron chi connectivity index (χ1n) is 5.49. The van der Waals surface area contributed by atoms with Crippen molar-refractivity contribution < 1.29 is 9.21 Å². The summed E-state index contributed by atoms with van der Waals surface area (Å²) in [6.07, 6.45) is 3.25. The highest BCUT2D eigenvalue weighted by Gasteiger charge is 2.13. The van der Waals surface area contributed by atoms with Crippen LogP contribution in [0.4, 0.5) is 0 Å². The van der Waals surface area contributed by atoms with E-state index in [1.807, 2.05) is 18.2 Å². The molecule has 0 saturated heterocycles. The summed E-state index contributed by atoms with van der Waals surface area (Å²) in [7, 11) is 0. The van der Waals surface area contributed by atoms with Gasteiger partial charge in [-0.3, -0.25) is 9.78 Å². The van der Waals surface area contributed by atoms with Gasteiger partial charge in [0.05, 0.1) is 12.0 Å². The highest BCUT2D eigenvalue weighted by molar-refractivity contribution is 6.03. The quantitative estimate of drug-likeness (QED) is 0.746. The highest BCUT2D eigenvalue weighted by atomic mass is 16.3. The number of carbonyl (C=O) groups is 1. The summed E-state index contributed by atoms with van der Waals surface area (Å²) >= 11 is 0. The number of amides is 1. The summed E-state index contributed by atoms with van der Waals surface area (Å²) in [5.74, 6) is -0.465. The second-order valence-electron chi connectivity index (χ2n) is 3.90. The Balaban J connectivity index is 2.33. The second kappa shape index (κ2) is 4.00. The van der Waals surface area contributed by atoms with E-state index in [0.717, 1.165) is 16.5 Å². The lowest BCUT2D eigenvalue weighted by molar-refractivity contribution is 0.100. The molecule has 2 N–H and O–H groups in total. The van der Waals surface area contributed by atoms with Gasteiger partial charge in [-0.25, -0.2) is 0 Å². The molecule has 2 aromatic heterocycles. The van der Waals surface area contributed by atoms with E-state index in [-0.39, 0.29) is 0 Å². The van der Waals surface area contributed by atoms with E-state index < -0.39 is 5.91 Å². The smallest absolute Gasteiger partial charge is 0.249 e. The Kier molecular flexibility index (Phi) is 2.34. The van der Waals surface area contributed by atoms with Crippen LogP contribution in [-0.4, -0.2) is 10.9 Å². The molecule has 18 heavy (non-hydrogen) atoms. The third-order valence-electron chi connectivity index (χ3n) is 2.83. The Labute approximate surface area is 103 Å². The van der Waals surface area contributed by atoms with Crippen molar-refractivity contribution in [2.24, 2.45) is 5.73 Å². The van der Waals surface area contributed by atoms with Gasteiger partial charge in [0.15, 0.2) is 0 Å². The molecule has 4 nitrogen and oxygen atoms in total. The number of rotatable bonds is 2. The molecule has 0 aliphatic carbocycles. The van der Waals surface area contributed by atoms with Gasteiger partial charge in [0, 0.05) is 22.7 Å². The number of carbonyl (C=O) groups excluding carboxylic acids is 1. The van der Waals surface area contributed by atoms with Crippen molar-refractivity contribution in [3.8, 4) is 11.3 Å². The van der Waals surface area contributed by atoms with E-state index in [1.165, 1.54) is 0 Å². The zero-order valence-electron chi connectivity index (χ0n) is 9.46. The lowest BCUT2D eigenvalue weighted by Gasteiger charge is -2.06. The summed E-state index contributed by atoms with van der Waals surface area (Å²) in [4.78, 5) is 15.8. The van der Waals surface area contributed by atoms with E-state index in [9.17, 15) is 4.79 Å². The molecule has 2 heterocycles. The number of fused-ring (bicyclic) bond motifs is 1. The van der Waals surface area contributed by atoms with Crippen molar-refractivity contribution in [2.45, 2.75) is 0 Å². The lowest BCUT2D eigenvalue weighted by atomic mass is 10.0. The van der Waals surface area contributed by atoms with Crippen LogP contribution in [0.15, 0.2) is 53.3 Å². The molecule has 4 heteroatoms. The van der Waals surface area contributed by atoms with Gasteiger partial charge in [0.25, 0.3) is 0 Å². The topological polar surface area (TPSA) is 69.1 Å². The molecule has 3 rings (SSSR count). The Morgan fingerprint density at radius 1 is 1.17 bits per heavy atom. The van der Waals surface area contributed by atoms with Crippen molar-refractivity contribution in [2.75, 3.05) is 0 Å². The monoisotopic (exact) mass is 238 g/mol. The number of pyridine rings is 1. The van der Waals surface area contributed by atoms with Crippen molar-refractivity contribution in [1.29, 1.82) is 0 Å². The van der Waals surface area contributed by atoms with Gasteiger partial charge in [-0.15, -0.1) is 0 Å². The fourth-order valence-electron chi connectivity index (χ4n) is 2.01. The number of nitrogens with zero attached hydrogens (tertiary/aromatic N) is 1. The molecule has 0 unspecified atom stereocenters. The molecular formula is C14H10N2O2. The molecule has 0 fully saturated rings. The van der Waals surface area contributed by atoms with E-state index in [1.54, 1.807) is 30.7 Å². The average molecular weight is 238 g/mol. The summed E-state index contributed by atoms with van der Waals surface area (Å²) in [5.41, 5.74) is 8.00. The molecule has 0 atom stereocenters. The first-order chi connectivity index (χ1) is 8.77. The van der Waals surface area contributed by atoms with Gasteiger partial charge in [0.1, 0.15) is 5.58 Å². The highest BCUT2D eigenvalue weighted by Crippen LogP contribution is 2.29. The van der Waals surface area contributed by atoms with Crippen molar-refractivity contribution >= 4 is 16.9 Å². The maximum absolute atomic E-state index is 11.4. The van der Waals surface area contributed by atoms with Crippen LogP contribution in [0.5, 0.6) is 0 Å². The number of hydrogen-bond donors (Lipinski definition) is 1. The Hall–Kier alpha value is -2.62. The van der Waals surface area contributed by atoms with Crippen molar-refractivity contribution in [1.82, 2.24) is 4.98 Å². The standard InChI is InChI=1S/C14H10N2O2/c15-14(17)10-4-2-1-3-9(10)13-11-6-8-18-12(11)5-7-16-13/h1-8H,(H2,15,17). The van der Waals surface area contributed by atoms with Gasteiger partial charge in [-0.1, -0.05) is 18.2 Å². The van der Waals surface area contributed by atoms with Gasteiger partial charge >= 0.3 is 0 Å². The summed E-state index contributed by atoms with van der Waals surface area (Å²) in [5, 5.41) is 0.867. The molecule has 3 aromatic rings. The number of furan rings is 1. The summed E-state index contributed by atoms with van der Waals surface area (Å²) in [6, 6.07) is 10.8. The minimum atomic E-state index is -0.465. The fourth-order valence-corrected chi connectivity index (χ4v) is 2.01. The maximum Gasteiger partial charge on any atom is 0.249 e. The minimum absolute atomic E-state index is 0.457. The van der Waals surface area contributed by atoms with Gasteiger partial charge in [0.2, 0.25) is 5.91 Å². The minimum Gasteiger partial charge on any atom is -0.464 e. The van der Waals surface area contributed by atoms with Crippen LogP contribution in [0.2, 0.25) is 0 Å². The normalized spacial score (nSPS) is 10.7. The Bertz CT molecular complexity index is 731. The number of primary amides is 1. The molecule has 1 aromatic carbocycles. The molecule has 1 amide bonds. The predicted octanol–water partition coefficient (Wildman–Crippen LogP) is 2.59. The first kappa shape index (κ1) is 10.5. The molecule has 0 spiro atoms. The van der Waals surface area contributed by atoms with Gasteiger partial charge in [-0.05, 0) is 18.2 Å². The van der Waals surface area contributed by atoms with Gasteiger partial charge < -0.3 is 10.2 Å². The SMILES string of the molecule is NC(=O)c1ccccc1-c1nccc2occc12. The summed E-state index contributed by atoms with van der Waals surface area (Å²) in [6.45, 7) is 0. The predicted molar refractivity (Wildman–Crippen MR) is 68.0 cm³/mol. The zero-order valence-corrected chi connectivity index (χ0v) is 9.46. The van der Waals surface area contributed by atoms with Crippen LogP contribution in [0.25, 0.3) is 22.2 Å². The van der Waals surface area contributed by atoms with Crippen molar-refractivity contribution in [3.63, 3.8) is 0 Å². The second-order valence-corrected chi connectivity index (χ2v) is 3.90. The molecule has 0 aliphatic heterocycles. The fraction of sp³-hybridized carbons (Fsp3) is 0. The molecule has 0 bridgehead atoms. The molecule has 0 aliphatic rings. The molecule has 88 valence electrons. The third kappa shape index (κ3) is 1.55. The molecular weight excluding hydrogens is 228 g/mol. The zero-order chi connectivity index (χ0) is 12.5. The third-order valence-corrected chi connectivity index (χ3v) is 2.83. The number of nitrogens with two attached hydrogens (primary N) is 1.